The molecule has 1 heterocycles. The first-order valence-electron chi connectivity index (χ1n) is 16.2. The molecule has 27 heteroatoms. The number of benzene rings is 4. The van der Waals surface area contributed by atoms with Crippen molar-refractivity contribution in [1.82, 2.24) is 9.97 Å². The maximum Gasteiger partial charge on any atom is 1.00 e. The monoisotopic (exact) mass is 973 g/mol. The Balaban J connectivity index is 0.00000155. The normalized spacial score (nSPS) is 10.9. The predicted molar refractivity (Wildman–Crippen MR) is 222 cm³/mol. The molecule has 1 aromatic heterocycles. The van der Waals surface area contributed by atoms with Crippen LogP contribution in [-0.2, 0) is 46.7 Å². The van der Waals surface area contributed by atoms with E-state index in [-0.39, 0.29) is 39.8 Å². The molecule has 5 aromatic rings. The number of carbonyl (C=O) groups is 1. The fourth-order valence-corrected chi connectivity index (χ4v) is 4.51. The van der Waals surface area contributed by atoms with Crippen LogP contribution in [0, 0.1) is 12.9 Å². The molecule has 0 saturated heterocycles. The molecule has 21 nitrogen and oxygen atoms in total. The molecular weight excluding hydrogens is 936 g/mol. The average molecular weight is 974 g/mol. The number of hydrogen-bond donors (Lipinski definition) is 6. The van der Waals surface area contributed by atoms with Gasteiger partial charge in [0.1, 0.15) is 16.9 Å². The molecule has 4 aromatic carbocycles. The first-order chi connectivity index (χ1) is 28.9. The summed E-state index contributed by atoms with van der Waals surface area (Å²) in [5.74, 6) is -2.64. The van der Waals surface area contributed by atoms with Crippen LogP contribution in [0.3, 0.4) is 0 Å². The van der Waals surface area contributed by atoms with E-state index in [4.69, 9.17) is 9.81 Å². The van der Waals surface area contributed by atoms with E-state index >= 15 is 0 Å². The van der Waals surface area contributed by atoms with Crippen LogP contribution in [0.25, 0.3) is 5.43 Å². The molecule has 62 heavy (non-hydrogen) atoms. The average Bonchev–Trinajstić information content (AvgIpc) is 3.22. The summed E-state index contributed by atoms with van der Waals surface area (Å²) < 4.78 is 83.5. The number of aromatic carboxylic acids is 1. The Kier molecular flexibility index (Phi) is 26.6. The molecule has 6 N–H and O–H groups in total. The fourth-order valence-electron chi connectivity index (χ4n) is 3.85. The number of carboxylic acid groups (broad SMARTS) is 1. The van der Waals surface area contributed by atoms with Crippen molar-refractivity contribution in [2.75, 3.05) is 32.1 Å². The fraction of sp³-hybridized carbons (Fsp3) is 0.143. The SMILES string of the molecule is CF.CNc1ccc(N=Nc2cc(C(N=Nc3cccc(S(=O)(=O)O)c3O)=N[N-]c3ccccc3C(=O)O)ccc2C)cc1.CS(=O)(=O)O.CSOOO.Fc1ccncn1.[Cu+]. The van der Waals surface area contributed by atoms with Gasteiger partial charge in [-0.3, -0.25) is 13.5 Å². The van der Waals surface area contributed by atoms with Crippen LogP contribution in [0.5, 0.6) is 5.75 Å². The number of halogens is 2. The third-order valence-electron chi connectivity index (χ3n) is 6.44. The number of hydrogen-bond acceptors (Lipinski definition) is 17. The Morgan fingerprint density at radius 3 is 2.05 bits per heavy atom. The molecule has 0 aliphatic heterocycles. The largest absolute Gasteiger partial charge is 1.00 e. The molecule has 0 bridgehead atoms. The van der Waals surface area contributed by atoms with Crippen LogP contribution in [0.1, 0.15) is 21.5 Å². The number of phenols is 1. The van der Waals surface area contributed by atoms with Crippen molar-refractivity contribution in [3.05, 3.63) is 132 Å². The van der Waals surface area contributed by atoms with Gasteiger partial charge in [0.25, 0.3) is 20.2 Å². The third kappa shape index (κ3) is 22.1. The van der Waals surface area contributed by atoms with Crippen molar-refractivity contribution >= 4 is 72.5 Å². The summed E-state index contributed by atoms with van der Waals surface area (Å²) in [7, 11) is -6.09. The van der Waals surface area contributed by atoms with Crippen LogP contribution in [0.2, 0.25) is 0 Å². The molecule has 0 amide bonds. The molecule has 0 fully saturated rings. The van der Waals surface area contributed by atoms with Gasteiger partial charge in [-0.25, -0.2) is 20.0 Å². The molecule has 338 valence electrons. The van der Waals surface area contributed by atoms with E-state index in [2.05, 4.69) is 55.6 Å². The van der Waals surface area contributed by atoms with E-state index in [0.29, 0.717) is 30.4 Å². The van der Waals surface area contributed by atoms with E-state index in [9.17, 15) is 45.2 Å². The van der Waals surface area contributed by atoms with Gasteiger partial charge in [0, 0.05) is 54.4 Å². The van der Waals surface area contributed by atoms with Crippen molar-refractivity contribution in [3.63, 3.8) is 0 Å². The summed E-state index contributed by atoms with van der Waals surface area (Å²) in [5, 5.41) is 54.1. The summed E-state index contributed by atoms with van der Waals surface area (Å²) in [5.41, 5.74) is 6.85. The Bertz CT molecular complexity index is 2450. The minimum absolute atomic E-state index is 0. The number of para-hydroxylation sites is 1. The molecule has 0 aliphatic carbocycles. The van der Waals surface area contributed by atoms with Crippen LogP contribution in [-0.4, -0.2) is 89.9 Å². The summed E-state index contributed by atoms with van der Waals surface area (Å²) in [6.45, 7) is 1.83. The first-order valence-corrected chi connectivity index (χ1v) is 20.7. The van der Waals surface area contributed by atoms with Gasteiger partial charge < -0.3 is 26.1 Å². The van der Waals surface area contributed by atoms with Gasteiger partial charge in [-0.1, -0.05) is 41.4 Å². The molecular formula is C35H38CuF2N9O12S3. The maximum atomic E-state index is 11.8. The Labute approximate surface area is 369 Å². The van der Waals surface area contributed by atoms with Crippen molar-refractivity contribution < 1.29 is 81.4 Å². The Morgan fingerprint density at radius 1 is 0.903 bits per heavy atom. The van der Waals surface area contributed by atoms with Gasteiger partial charge in [-0.15, -0.1) is 20.2 Å². The number of nitrogens with one attached hydrogen (secondary N) is 1. The summed E-state index contributed by atoms with van der Waals surface area (Å²) in [4.78, 5) is 17.6. The Hall–Kier alpha value is -5.87. The number of amidine groups is 1. The Morgan fingerprint density at radius 2 is 1.55 bits per heavy atom. The number of aromatic nitrogens is 2. The van der Waals surface area contributed by atoms with Crippen molar-refractivity contribution in [2.45, 2.75) is 11.8 Å². The first kappa shape index (κ1) is 56.1. The number of carboxylic acids is 1. The zero-order valence-electron chi connectivity index (χ0n) is 32.8. The van der Waals surface area contributed by atoms with Gasteiger partial charge in [-0.05, 0) is 61.0 Å². The minimum atomic E-state index is -4.73. The van der Waals surface area contributed by atoms with E-state index in [1.54, 1.807) is 55.8 Å². The maximum absolute atomic E-state index is 11.8. The van der Waals surface area contributed by atoms with Gasteiger partial charge in [0.05, 0.1) is 24.8 Å². The number of nitrogens with zero attached hydrogens (tertiary/aromatic N) is 8. The standard InChI is InChI=1S/C28H25N7O6S.C4H3FN2.CH3F.2CH4O3S.Cu/c1-17-10-11-18(16-24(17)33-30-20-14-12-19(29-2)13-15-20)27(34-31-22-7-4-3-6-21(22)28(37)38)35-32-23-8-5-9-25(26(23)36)42(39,40)41;5-4-1-2-6-3-7-4;1-2;1-5(2,3)4;1-5-4-3-2;/h3-16H,1-2H3,(H5,29,30,31,32,33,34,35,36,37,38,39,40,41);1-3H;1H3;1H3,(H,2,3,4);2H,1H3;/q;;;;;+1/p-1. The predicted octanol–water partition coefficient (Wildman–Crippen LogP) is 8.64. The van der Waals surface area contributed by atoms with Crippen LogP contribution < -0.4 is 5.32 Å². The second-order valence-electron chi connectivity index (χ2n) is 10.7. The smallest absolute Gasteiger partial charge is 0.573 e. The zero-order valence-corrected chi connectivity index (χ0v) is 36.2. The quantitative estimate of drug-likeness (QED) is 0.00830. The van der Waals surface area contributed by atoms with Crippen LogP contribution in [0.4, 0.5) is 37.2 Å². The summed E-state index contributed by atoms with van der Waals surface area (Å²) in [6, 6.07) is 23.0. The van der Waals surface area contributed by atoms with E-state index in [1.807, 2.05) is 19.1 Å². The third-order valence-corrected chi connectivity index (χ3v) is 7.52. The zero-order chi connectivity index (χ0) is 46.0. The molecule has 0 spiro atoms. The molecule has 0 aliphatic rings. The van der Waals surface area contributed by atoms with Crippen LogP contribution in [0.15, 0.2) is 134 Å². The number of rotatable bonds is 11. The topological polar surface area (TPSA) is 319 Å². The van der Waals surface area contributed by atoms with Crippen LogP contribution >= 0.6 is 12.0 Å². The number of azo groups is 2. The van der Waals surface area contributed by atoms with Gasteiger partial charge >= 0.3 is 23.0 Å². The number of anilines is 1. The van der Waals surface area contributed by atoms with Gasteiger partial charge in [0.2, 0.25) is 5.95 Å². The van der Waals surface area contributed by atoms with E-state index in [0.717, 1.165) is 35.7 Å². The van der Waals surface area contributed by atoms with E-state index in [1.165, 1.54) is 36.5 Å². The second kappa shape index (κ2) is 29.4. The molecule has 5 rings (SSSR count). The number of aromatic hydroxyl groups is 1. The van der Waals surface area contributed by atoms with Gasteiger partial charge in [-0.2, -0.15) is 31.5 Å². The second-order valence-corrected chi connectivity index (χ2v) is 14.0. The van der Waals surface area contributed by atoms with E-state index < -0.39 is 42.8 Å². The minimum Gasteiger partial charge on any atom is -0.573 e. The van der Waals surface area contributed by atoms with Gasteiger partial charge in [0.15, 0.2) is 11.6 Å². The molecule has 0 saturated carbocycles. The molecule has 0 atom stereocenters. The number of alkyl halides is 1. The molecule has 0 unspecified atom stereocenters. The molecule has 0 radical (unpaired) electrons. The van der Waals surface area contributed by atoms with Crippen molar-refractivity contribution in [2.24, 2.45) is 25.6 Å². The van der Waals surface area contributed by atoms with Crippen molar-refractivity contribution in [3.8, 4) is 5.75 Å². The number of phenolic OH excluding ortho intramolecular Hbond substituents is 1. The number of aryl methyl sites for hydroxylation is 1. The van der Waals surface area contributed by atoms with Crippen molar-refractivity contribution in [1.29, 1.82) is 0 Å². The summed E-state index contributed by atoms with van der Waals surface area (Å²) >= 11 is 0.929. The summed E-state index contributed by atoms with van der Waals surface area (Å²) in [6.07, 6.45) is 4.85.